The van der Waals surface area contributed by atoms with E-state index in [4.69, 9.17) is 21.6 Å². The molecule has 1 aromatic carbocycles. The van der Waals surface area contributed by atoms with Crippen LogP contribution in [0.4, 0.5) is 5.82 Å². The highest BCUT2D eigenvalue weighted by molar-refractivity contribution is 6.30. The first kappa shape index (κ1) is 18.5. The van der Waals surface area contributed by atoms with Crippen molar-refractivity contribution in [1.82, 2.24) is 9.78 Å². The molecule has 2 aromatic rings. The van der Waals surface area contributed by atoms with Gasteiger partial charge in [-0.25, -0.2) is 9.48 Å². The van der Waals surface area contributed by atoms with Crippen LogP contribution in [-0.2, 0) is 16.0 Å². The molecule has 3 rings (SSSR count). The fourth-order valence-corrected chi connectivity index (χ4v) is 3.19. The molecule has 7 nitrogen and oxygen atoms in total. The molecule has 2 heterocycles. The number of halogens is 1. The van der Waals surface area contributed by atoms with E-state index in [0.29, 0.717) is 27.8 Å². The first-order valence-electron chi connectivity index (χ1n) is 8.31. The van der Waals surface area contributed by atoms with Crippen LogP contribution in [0.25, 0.3) is 5.70 Å². The number of esters is 1. The summed E-state index contributed by atoms with van der Waals surface area (Å²) in [5.74, 6) is -0.0165. The smallest absolute Gasteiger partial charge is 0.338 e. The van der Waals surface area contributed by atoms with Gasteiger partial charge in [-0.3, -0.25) is 0 Å². The lowest BCUT2D eigenvalue weighted by Crippen LogP contribution is -2.28. The topological polar surface area (TPSA) is 104 Å². The molecule has 0 aliphatic carbocycles. The van der Waals surface area contributed by atoms with Crippen LogP contribution in [0.1, 0.15) is 36.7 Å². The normalized spacial score (nSPS) is 15.4. The molecule has 1 aromatic heterocycles. The molecule has 1 unspecified atom stereocenters. The summed E-state index contributed by atoms with van der Waals surface area (Å²) in [4.78, 5) is 12.7. The van der Waals surface area contributed by atoms with Crippen LogP contribution in [0.15, 0.2) is 29.8 Å². The third-order valence-corrected chi connectivity index (χ3v) is 4.54. The molecule has 0 bridgehead atoms. The lowest BCUT2D eigenvalue weighted by molar-refractivity contribution is -0.138. The van der Waals surface area contributed by atoms with Crippen LogP contribution in [0, 0.1) is 22.7 Å². The van der Waals surface area contributed by atoms with Gasteiger partial charge in [-0.1, -0.05) is 23.7 Å². The average molecular weight is 382 g/mol. The molecule has 0 radical (unpaired) electrons. The lowest BCUT2D eigenvalue weighted by atomic mass is 9.95. The third-order valence-electron chi connectivity index (χ3n) is 4.29. The Morgan fingerprint density at radius 2 is 2.07 bits per heavy atom. The van der Waals surface area contributed by atoms with Gasteiger partial charge in [-0.15, -0.1) is 0 Å². The van der Waals surface area contributed by atoms with E-state index >= 15 is 0 Å². The Kier molecular flexibility index (Phi) is 5.16. The number of anilines is 1. The summed E-state index contributed by atoms with van der Waals surface area (Å²) in [5, 5.41) is 26.7. The average Bonchev–Trinajstić information content (AvgIpc) is 3.00. The van der Waals surface area contributed by atoms with Crippen molar-refractivity contribution in [2.45, 2.75) is 26.3 Å². The van der Waals surface area contributed by atoms with Gasteiger partial charge in [-0.2, -0.15) is 15.6 Å². The zero-order valence-electron chi connectivity index (χ0n) is 14.8. The van der Waals surface area contributed by atoms with Crippen molar-refractivity contribution in [3.8, 4) is 12.1 Å². The number of allylic oxidation sites excluding steroid dienone is 1. The molecule has 0 saturated heterocycles. The number of aromatic nitrogens is 2. The number of nitrogens with zero attached hydrogens (tertiary/aromatic N) is 4. The van der Waals surface area contributed by atoms with E-state index < -0.39 is 12.0 Å². The van der Waals surface area contributed by atoms with E-state index in [1.165, 1.54) is 4.68 Å². The molecule has 1 N–H and O–H groups in total. The third kappa shape index (κ3) is 3.25. The summed E-state index contributed by atoms with van der Waals surface area (Å²) in [6.07, 6.45) is -0.00178. The Morgan fingerprint density at radius 3 is 2.67 bits per heavy atom. The van der Waals surface area contributed by atoms with Crippen molar-refractivity contribution in [3.63, 3.8) is 0 Å². The van der Waals surface area contributed by atoms with Gasteiger partial charge in [0.25, 0.3) is 0 Å². The van der Waals surface area contributed by atoms with Crippen LogP contribution in [0.5, 0.6) is 0 Å². The van der Waals surface area contributed by atoms with Gasteiger partial charge < -0.3 is 10.1 Å². The summed E-state index contributed by atoms with van der Waals surface area (Å²) >= 11 is 5.98. The second kappa shape index (κ2) is 7.53. The highest BCUT2D eigenvalue weighted by Gasteiger charge is 2.35. The number of benzene rings is 1. The summed E-state index contributed by atoms with van der Waals surface area (Å²) in [7, 11) is 0. The van der Waals surface area contributed by atoms with E-state index in [2.05, 4.69) is 16.5 Å². The predicted molar refractivity (Wildman–Crippen MR) is 99.6 cm³/mol. The Bertz CT molecular complexity index is 1010. The fourth-order valence-electron chi connectivity index (χ4n) is 3.07. The van der Waals surface area contributed by atoms with Crippen LogP contribution < -0.4 is 5.32 Å². The predicted octanol–water partition coefficient (Wildman–Crippen LogP) is 3.44. The molecule has 27 heavy (non-hydrogen) atoms. The zero-order chi connectivity index (χ0) is 19.6. The second-order valence-electron chi connectivity index (χ2n) is 5.88. The van der Waals surface area contributed by atoms with Crippen molar-refractivity contribution < 1.29 is 9.53 Å². The molecule has 0 fully saturated rings. The highest BCUT2D eigenvalue weighted by Crippen LogP contribution is 2.39. The Hall–Kier alpha value is -3.29. The monoisotopic (exact) mass is 381 g/mol. The maximum Gasteiger partial charge on any atom is 0.338 e. The van der Waals surface area contributed by atoms with Gasteiger partial charge in [-0.05, 0) is 31.5 Å². The van der Waals surface area contributed by atoms with Crippen molar-refractivity contribution in [2.24, 2.45) is 0 Å². The Morgan fingerprint density at radius 1 is 1.37 bits per heavy atom. The maximum absolute atomic E-state index is 12.7. The number of ether oxygens (including phenoxy) is 1. The molecule has 1 aliphatic heterocycles. The van der Waals surface area contributed by atoms with Gasteiger partial charge >= 0.3 is 5.97 Å². The number of fused-ring (bicyclic) bond motifs is 1. The molecular weight excluding hydrogens is 366 g/mol. The molecule has 1 aliphatic rings. The lowest BCUT2D eigenvalue weighted by Gasteiger charge is -2.29. The number of hydrogen-bond donors (Lipinski definition) is 1. The summed E-state index contributed by atoms with van der Waals surface area (Å²) in [6, 6.07) is 10.7. The van der Waals surface area contributed by atoms with Gasteiger partial charge in [0.1, 0.15) is 17.5 Å². The molecule has 1 atom stereocenters. The van der Waals surface area contributed by atoms with Crippen LogP contribution >= 0.6 is 11.6 Å². The fraction of sp³-hybridized carbons (Fsp3) is 0.263. The first-order valence-corrected chi connectivity index (χ1v) is 8.68. The largest absolute Gasteiger partial charge is 0.463 e. The van der Waals surface area contributed by atoms with E-state index in [-0.39, 0.29) is 18.6 Å². The Balaban J connectivity index is 2.20. The zero-order valence-corrected chi connectivity index (χ0v) is 15.5. The number of rotatable bonds is 4. The number of nitriles is 2. The molecule has 0 amide bonds. The molecule has 136 valence electrons. The quantitative estimate of drug-likeness (QED) is 0.813. The van der Waals surface area contributed by atoms with Crippen LogP contribution in [0.3, 0.4) is 0 Å². The molecular formula is C19H16ClN5O2. The van der Waals surface area contributed by atoms with E-state index in [1.807, 2.05) is 6.07 Å². The highest BCUT2D eigenvalue weighted by atomic mass is 35.5. The standard InChI is InChI=1S/C19H16ClN5O2/c1-3-27-19(26)16-11(2)25-18(14(10-22)15(24-25)8-9-21)23-17(16)12-4-6-13(20)7-5-12/h4-7,17,23H,3,8H2,1-2H3. The number of carbonyl (C=O) groups excluding carboxylic acids is 1. The first-order chi connectivity index (χ1) is 13.0. The maximum atomic E-state index is 12.7. The van der Waals surface area contributed by atoms with E-state index in [9.17, 15) is 10.1 Å². The SMILES string of the molecule is CCOC(=O)C1=C(C)n2nc(CC#N)c(C#N)c2NC1c1ccc(Cl)cc1. The van der Waals surface area contributed by atoms with Crippen molar-refractivity contribution in [2.75, 3.05) is 11.9 Å². The molecule has 0 saturated carbocycles. The van der Waals surface area contributed by atoms with Crippen LogP contribution in [-0.4, -0.2) is 22.4 Å². The minimum atomic E-state index is -0.535. The summed E-state index contributed by atoms with van der Waals surface area (Å²) in [6.45, 7) is 3.71. The molecule has 0 spiro atoms. The minimum Gasteiger partial charge on any atom is -0.463 e. The summed E-state index contributed by atoms with van der Waals surface area (Å²) < 4.78 is 6.72. The second-order valence-corrected chi connectivity index (χ2v) is 6.31. The van der Waals surface area contributed by atoms with E-state index in [0.717, 1.165) is 5.56 Å². The number of carbonyl (C=O) groups is 1. The van der Waals surface area contributed by atoms with Gasteiger partial charge in [0.15, 0.2) is 0 Å². The van der Waals surface area contributed by atoms with Gasteiger partial charge in [0.05, 0.1) is 42.1 Å². The minimum absolute atomic E-state index is 0.00178. The van der Waals surface area contributed by atoms with E-state index in [1.54, 1.807) is 38.1 Å². The summed E-state index contributed by atoms with van der Waals surface area (Å²) in [5.41, 5.74) is 2.38. The Labute approximate surface area is 161 Å². The van der Waals surface area contributed by atoms with Gasteiger partial charge in [0.2, 0.25) is 0 Å². The van der Waals surface area contributed by atoms with Crippen molar-refractivity contribution in [3.05, 3.63) is 51.7 Å². The number of nitrogens with one attached hydrogen (secondary N) is 1. The number of hydrogen-bond acceptors (Lipinski definition) is 6. The van der Waals surface area contributed by atoms with Crippen LogP contribution in [0.2, 0.25) is 5.02 Å². The van der Waals surface area contributed by atoms with Crippen molar-refractivity contribution >= 4 is 29.1 Å². The van der Waals surface area contributed by atoms with Crippen molar-refractivity contribution in [1.29, 1.82) is 10.5 Å². The van der Waals surface area contributed by atoms with Gasteiger partial charge in [0, 0.05) is 5.02 Å². The molecule has 8 heteroatoms.